The molecule has 0 radical (unpaired) electrons. The summed E-state index contributed by atoms with van der Waals surface area (Å²) >= 11 is 0. The van der Waals surface area contributed by atoms with Crippen molar-refractivity contribution in [3.63, 3.8) is 0 Å². The SMILES string of the molecule is CN1CCNCC1c1noc(CCNS(=O)(=O)c2ccc([N+](=O)[O-])cc2)n1. The topological polar surface area (TPSA) is 144 Å². The molecule has 2 heterocycles. The summed E-state index contributed by atoms with van der Waals surface area (Å²) in [5.74, 6) is 0.910. The molecule has 1 saturated heterocycles. The second-order valence-electron chi connectivity index (χ2n) is 6.15. The first-order chi connectivity index (χ1) is 12.9. The van der Waals surface area contributed by atoms with E-state index in [2.05, 4.69) is 25.1 Å². The van der Waals surface area contributed by atoms with Gasteiger partial charge in [0, 0.05) is 44.7 Å². The van der Waals surface area contributed by atoms with Crippen LogP contribution in [0.15, 0.2) is 33.7 Å². The Morgan fingerprint density at radius 3 is 2.81 bits per heavy atom. The second kappa shape index (κ2) is 8.08. The number of aromatic nitrogens is 2. The van der Waals surface area contributed by atoms with E-state index in [4.69, 9.17) is 4.52 Å². The van der Waals surface area contributed by atoms with Crippen molar-refractivity contribution in [3.05, 3.63) is 46.1 Å². The third kappa shape index (κ3) is 4.66. The number of rotatable bonds is 7. The lowest BCUT2D eigenvalue weighted by Gasteiger charge is -2.30. The van der Waals surface area contributed by atoms with Crippen molar-refractivity contribution >= 4 is 15.7 Å². The summed E-state index contributed by atoms with van der Waals surface area (Å²) in [4.78, 5) is 16.5. The average molecular weight is 396 g/mol. The Labute approximate surface area is 155 Å². The van der Waals surface area contributed by atoms with Crippen LogP contribution in [0.5, 0.6) is 0 Å². The van der Waals surface area contributed by atoms with E-state index in [1.54, 1.807) is 0 Å². The van der Waals surface area contributed by atoms with Gasteiger partial charge in [0.2, 0.25) is 15.9 Å². The smallest absolute Gasteiger partial charge is 0.269 e. The highest BCUT2D eigenvalue weighted by Gasteiger charge is 2.25. The quantitative estimate of drug-likeness (QED) is 0.491. The van der Waals surface area contributed by atoms with Crippen LogP contribution in [0.2, 0.25) is 0 Å². The molecule has 2 N–H and O–H groups in total. The van der Waals surface area contributed by atoms with Gasteiger partial charge in [0.15, 0.2) is 5.82 Å². The molecule has 1 fully saturated rings. The number of non-ortho nitro benzene ring substituents is 1. The van der Waals surface area contributed by atoms with Crippen LogP contribution in [0.1, 0.15) is 17.8 Å². The zero-order valence-corrected chi connectivity index (χ0v) is 15.5. The largest absolute Gasteiger partial charge is 0.339 e. The van der Waals surface area contributed by atoms with Crippen LogP contribution in [-0.4, -0.2) is 61.6 Å². The van der Waals surface area contributed by atoms with Crippen LogP contribution >= 0.6 is 0 Å². The number of likely N-dealkylation sites (N-methyl/N-ethyl adjacent to an activating group) is 1. The van der Waals surface area contributed by atoms with E-state index >= 15 is 0 Å². The van der Waals surface area contributed by atoms with Gasteiger partial charge in [-0.2, -0.15) is 4.98 Å². The van der Waals surface area contributed by atoms with Gasteiger partial charge < -0.3 is 9.84 Å². The number of nitrogens with one attached hydrogen (secondary N) is 2. The van der Waals surface area contributed by atoms with Gasteiger partial charge in [-0.3, -0.25) is 15.0 Å². The van der Waals surface area contributed by atoms with Crippen molar-refractivity contribution in [2.24, 2.45) is 0 Å². The van der Waals surface area contributed by atoms with Crippen LogP contribution in [0.3, 0.4) is 0 Å². The molecule has 0 amide bonds. The standard InChI is InChI=1S/C15H20N6O5S/c1-20-9-8-16-10-13(20)15-18-14(26-19-15)6-7-17-27(24,25)12-4-2-11(3-5-12)21(22)23/h2-5,13,16-17H,6-10H2,1H3. The summed E-state index contributed by atoms with van der Waals surface area (Å²) in [7, 11) is -1.79. The molecule has 1 unspecified atom stereocenters. The molecule has 1 aromatic carbocycles. The third-order valence-corrected chi connectivity index (χ3v) is 5.76. The van der Waals surface area contributed by atoms with E-state index in [9.17, 15) is 18.5 Å². The first-order valence-electron chi connectivity index (χ1n) is 8.34. The van der Waals surface area contributed by atoms with Crippen molar-refractivity contribution in [3.8, 4) is 0 Å². The normalized spacial score (nSPS) is 18.5. The Morgan fingerprint density at radius 1 is 1.41 bits per heavy atom. The fourth-order valence-corrected chi connectivity index (χ4v) is 3.75. The number of sulfonamides is 1. The molecule has 2 aromatic rings. The minimum Gasteiger partial charge on any atom is -0.339 e. The minimum absolute atomic E-state index is 0.0213. The lowest BCUT2D eigenvalue weighted by atomic mass is 10.2. The summed E-state index contributed by atoms with van der Waals surface area (Å²) < 4.78 is 32.1. The zero-order valence-electron chi connectivity index (χ0n) is 14.7. The number of hydrogen-bond donors (Lipinski definition) is 2. The molecule has 0 saturated carbocycles. The van der Waals surface area contributed by atoms with Gasteiger partial charge in [0.1, 0.15) is 0 Å². The number of hydrogen-bond acceptors (Lipinski definition) is 9. The highest BCUT2D eigenvalue weighted by atomic mass is 32.2. The third-order valence-electron chi connectivity index (χ3n) is 4.28. The minimum atomic E-state index is -3.78. The van der Waals surface area contributed by atoms with E-state index in [0.29, 0.717) is 11.7 Å². The highest BCUT2D eigenvalue weighted by Crippen LogP contribution is 2.18. The van der Waals surface area contributed by atoms with Gasteiger partial charge >= 0.3 is 0 Å². The van der Waals surface area contributed by atoms with Crippen LogP contribution in [0, 0.1) is 10.1 Å². The Kier molecular flexibility index (Phi) is 5.79. The average Bonchev–Trinajstić information content (AvgIpc) is 3.10. The number of piperazine rings is 1. The Morgan fingerprint density at radius 2 is 2.15 bits per heavy atom. The molecule has 3 rings (SSSR count). The van der Waals surface area contributed by atoms with Crippen molar-refractivity contribution in [2.75, 3.05) is 33.2 Å². The van der Waals surface area contributed by atoms with Gasteiger partial charge in [0.25, 0.3) is 5.69 Å². The van der Waals surface area contributed by atoms with Crippen LogP contribution < -0.4 is 10.0 Å². The van der Waals surface area contributed by atoms with Crippen LogP contribution in [0.4, 0.5) is 5.69 Å². The number of nitro benzene ring substituents is 1. The molecule has 0 aliphatic carbocycles. The molecule has 12 heteroatoms. The second-order valence-corrected chi connectivity index (χ2v) is 7.91. The van der Waals surface area contributed by atoms with Gasteiger partial charge in [-0.1, -0.05) is 5.16 Å². The monoisotopic (exact) mass is 396 g/mol. The number of nitro groups is 1. The number of benzene rings is 1. The van der Waals surface area contributed by atoms with Crippen molar-refractivity contribution in [1.82, 2.24) is 25.1 Å². The molecule has 0 bridgehead atoms. The summed E-state index contributed by atoms with van der Waals surface area (Å²) in [6, 6.07) is 4.70. The predicted octanol–water partition coefficient (Wildman–Crippen LogP) is 0.0749. The van der Waals surface area contributed by atoms with Crippen LogP contribution in [-0.2, 0) is 16.4 Å². The van der Waals surface area contributed by atoms with Crippen molar-refractivity contribution in [1.29, 1.82) is 0 Å². The maximum Gasteiger partial charge on any atom is 0.269 e. The lowest BCUT2D eigenvalue weighted by molar-refractivity contribution is -0.384. The molecule has 11 nitrogen and oxygen atoms in total. The first kappa shape index (κ1) is 19.4. The molecule has 1 aliphatic rings. The fraction of sp³-hybridized carbons (Fsp3) is 0.467. The van der Waals surface area contributed by atoms with E-state index < -0.39 is 14.9 Å². The Hall–Kier alpha value is -2.41. The van der Waals surface area contributed by atoms with E-state index in [1.807, 2.05) is 7.05 Å². The Bertz CT molecular complexity index is 898. The van der Waals surface area contributed by atoms with E-state index in [0.717, 1.165) is 31.8 Å². The van der Waals surface area contributed by atoms with E-state index in [-0.39, 0.29) is 29.6 Å². The molecule has 146 valence electrons. The van der Waals surface area contributed by atoms with Crippen molar-refractivity contribution in [2.45, 2.75) is 17.4 Å². The summed E-state index contributed by atoms with van der Waals surface area (Å²) in [5.41, 5.74) is -0.172. The maximum atomic E-state index is 12.2. The summed E-state index contributed by atoms with van der Waals surface area (Å²) in [6.45, 7) is 2.58. The maximum absolute atomic E-state index is 12.2. The zero-order chi connectivity index (χ0) is 19.4. The molecular formula is C15H20N6O5S. The summed E-state index contributed by atoms with van der Waals surface area (Å²) in [5, 5.41) is 17.9. The predicted molar refractivity (Wildman–Crippen MR) is 94.5 cm³/mol. The Balaban J connectivity index is 1.56. The molecule has 1 atom stereocenters. The van der Waals surface area contributed by atoms with Gasteiger partial charge in [-0.25, -0.2) is 13.1 Å². The molecule has 0 spiro atoms. The fourth-order valence-electron chi connectivity index (χ4n) is 2.72. The summed E-state index contributed by atoms with van der Waals surface area (Å²) in [6.07, 6.45) is 0.239. The highest BCUT2D eigenvalue weighted by molar-refractivity contribution is 7.89. The lowest BCUT2D eigenvalue weighted by Crippen LogP contribution is -2.44. The van der Waals surface area contributed by atoms with Gasteiger partial charge in [-0.05, 0) is 19.2 Å². The molecule has 27 heavy (non-hydrogen) atoms. The number of nitrogens with zero attached hydrogens (tertiary/aromatic N) is 4. The van der Waals surface area contributed by atoms with Gasteiger partial charge in [-0.15, -0.1) is 0 Å². The molecule has 1 aromatic heterocycles. The first-order valence-corrected chi connectivity index (χ1v) is 9.83. The molecular weight excluding hydrogens is 376 g/mol. The molecule has 1 aliphatic heterocycles. The van der Waals surface area contributed by atoms with E-state index in [1.165, 1.54) is 12.1 Å². The van der Waals surface area contributed by atoms with Gasteiger partial charge in [0.05, 0.1) is 15.9 Å². The van der Waals surface area contributed by atoms with Crippen LogP contribution in [0.25, 0.3) is 0 Å². The van der Waals surface area contributed by atoms with Crippen molar-refractivity contribution < 1.29 is 17.9 Å².